The van der Waals surface area contributed by atoms with Crippen LogP contribution in [0.3, 0.4) is 0 Å². The molecular weight excluding hydrogens is 318 g/mol. The molecule has 1 aliphatic heterocycles. The number of furan rings is 1. The fourth-order valence-corrected chi connectivity index (χ4v) is 3.03. The lowest BCUT2D eigenvalue weighted by Gasteiger charge is -2.33. The number of amides is 1. The number of likely N-dealkylation sites (tertiary alicyclic amines) is 1. The quantitative estimate of drug-likeness (QED) is 0.489. The first-order valence-corrected chi connectivity index (χ1v) is 9.23. The Morgan fingerprint density at radius 3 is 2.72 bits per heavy atom. The minimum atomic E-state index is -0.0246. The number of carbonyl (C=O) groups is 1. The molecule has 7 nitrogen and oxygen atoms in total. The lowest BCUT2D eigenvalue weighted by atomic mass is 10.1. The van der Waals surface area contributed by atoms with Gasteiger partial charge in [-0.05, 0) is 44.5 Å². The second-order valence-corrected chi connectivity index (χ2v) is 6.28. The summed E-state index contributed by atoms with van der Waals surface area (Å²) in [5.74, 6) is 1.56. The molecule has 1 unspecified atom stereocenters. The molecule has 1 fully saturated rings. The summed E-state index contributed by atoms with van der Waals surface area (Å²) in [6.45, 7) is 5.79. The monoisotopic (exact) mass is 349 g/mol. The molecule has 0 aromatic carbocycles. The number of nitrogens with zero attached hydrogens (tertiary/aromatic N) is 2. The van der Waals surface area contributed by atoms with Crippen LogP contribution in [0.1, 0.15) is 44.4 Å². The van der Waals surface area contributed by atoms with Crippen molar-refractivity contribution in [1.82, 2.24) is 20.9 Å². The number of hydrogen-bond donors (Lipinski definition) is 3. The summed E-state index contributed by atoms with van der Waals surface area (Å²) >= 11 is 0. The van der Waals surface area contributed by atoms with E-state index >= 15 is 0 Å². The fourth-order valence-electron chi connectivity index (χ4n) is 3.03. The van der Waals surface area contributed by atoms with Crippen molar-refractivity contribution >= 4 is 11.9 Å². The molecule has 1 aliphatic rings. The lowest BCUT2D eigenvalue weighted by Crippen LogP contribution is -2.46. The van der Waals surface area contributed by atoms with Crippen LogP contribution in [0.2, 0.25) is 0 Å². The van der Waals surface area contributed by atoms with Crippen LogP contribution in [-0.4, -0.2) is 56.5 Å². The minimum absolute atomic E-state index is 0.0246. The second-order valence-electron chi connectivity index (χ2n) is 6.28. The first kappa shape index (κ1) is 19.3. The maximum absolute atomic E-state index is 11.7. The summed E-state index contributed by atoms with van der Waals surface area (Å²) < 4.78 is 5.65. The molecule has 7 heteroatoms. The molecule has 1 saturated heterocycles. The SMILES string of the molecule is CCCNC(=O)CNC(=NC)NCC(c1ccco1)N1CCCCC1. The van der Waals surface area contributed by atoms with Gasteiger partial charge in [0.05, 0.1) is 18.8 Å². The Bertz CT molecular complexity index is 524. The summed E-state index contributed by atoms with van der Waals surface area (Å²) in [4.78, 5) is 18.4. The van der Waals surface area contributed by atoms with Crippen LogP contribution in [0.4, 0.5) is 0 Å². The molecule has 1 aromatic heterocycles. The van der Waals surface area contributed by atoms with Crippen LogP contribution in [0.5, 0.6) is 0 Å². The molecule has 0 spiro atoms. The molecule has 25 heavy (non-hydrogen) atoms. The summed E-state index contributed by atoms with van der Waals surface area (Å²) in [5.41, 5.74) is 0. The van der Waals surface area contributed by atoms with Crippen molar-refractivity contribution in [2.45, 2.75) is 38.6 Å². The zero-order valence-corrected chi connectivity index (χ0v) is 15.4. The number of nitrogens with one attached hydrogen (secondary N) is 3. The molecule has 0 radical (unpaired) electrons. The van der Waals surface area contributed by atoms with Crippen molar-refractivity contribution in [3.8, 4) is 0 Å². The van der Waals surface area contributed by atoms with Gasteiger partial charge in [0.15, 0.2) is 5.96 Å². The van der Waals surface area contributed by atoms with Crippen LogP contribution < -0.4 is 16.0 Å². The Morgan fingerprint density at radius 2 is 2.08 bits per heavy atom. The molecule has 0 saturated carbocycles. The van der Waals surface area contributed by atoms with Crippen molar-refractivity contribution in [2.24, 2.45) is 4.99 Å². The van der Waals surface area contributed by atoms with Gasteiger partial charge in [-0.1, -0.05) is 13.3 Å². The van der Waals surface area contributed by atoms with Gasteiger partial charge < -0.3 is 20.4 Å². The highest BCUT2D eigenvalue weighted by atomic mass is 16.3. The van der Waals surface area contributed by atoms with E-state index in [4.69, 9.17) is 4.42 Å². The number of carbonyl (C=O) groups excluding carboxylic acids is 1. The number of guanidine groups is 1. The number of piperidine rings is 1. The molecule has 2 rings (SSSR count). The van der Waals surface area contributed by atoms with Crippen molar-refractivity contribution in [3.05, 3.63) is 24.2 Å². The maximum Gasteiger partial charge on any atom is 0.239 e. The van der Waals surface area contributed by atoms with Gasteiger partial charge >= 0.3 is 0 Å². The van der Waals surface area contributed by atoms with Crippen LogP contribution >= 0.6 is 0 Å². The van der Waals surface area contributed by atoms with Crippen molar-refractivity contribution in [2.75, 3.05) is 39.8 Å². The van der Waals surface area contributed by atoms with E-state index in [0.717, 1.165) is 25.3 Å². The standard InChI is InChI=1S/C18H31N5O2/c1-3-9-20-17(24)14-22-18(19-2)21-13-15(16-8-7-12-25-16)23-10-5-4-6-11-23/h7-8,12,15H,3-6,9-11,13-14H2,1-2H3,(H,20,24)(H2,19,21,22). The Morgan fingerprint density at radius 1 is 1.28 bits per heavy atom. The van der Waals surface area contributed by atoms with Crippen LogP contribution in [0.25, 0.3) is 0 Å². The Kier molecular flexibility index (Phi) is 8.31. The summed E-state index contributed by atoms with van der Waals surface area (Å²) in [6.07, 6.45) is 6.39. The highest BCUT2D eigenvalue weighted by molar-refractivity contribution is 5.86. The molecule has 140 valence electrons. The zero-order chi connectivity index (χ0) is 17.9. The summed E-state index contributed by atoms with van der Waals surface area (Å²) in [5, 5.41) is 9.23. The van der Waals surface area contributed by atoms with E-state index in [9.17, 15) is 4.79 Å². The summed E-state index contributed by atoms with van der Waals surface area (Å²) in [6, 6.07) is 4.12. The molecule has 1 aromatic rings. The van der Waals surface area contributed by atoms with Gasteiger partial charge in [-0.3, -0.25) is 14.7 Å². The topological polar surface area (TPSA) is 81.9 Å². The van der Waals surface area contributed by atoms with E-state index in [2.05, 4.69) is 25.8 Å². The largest absolute Gasteiger partial charge is 0.468 e. The normalized spacial score (nSPS) is 17.1. The zero-order valence-electron chi connectivity index (χ0n) is 15.4. The molecule has 2 heterocycles. The van der Waals surface area contributed by atoms with E-state index in [1.54, 1.807) is 13.3 Å². The third-order valence-corrected chi connectivity index (χ3v) is 4.38. The smallest absolute Gasteiger partial charge is 0.239 e. The fraction of sp³-hybridized carbons (Fsp3) is 0.667. The predicted molar refractivity (Wildman–Crippen MR) is 99.5 cm³/mol. The minimum Gasteiger partial charge on any atom is -0.468 e. The average molecular weight is 349 g/mol. The van der Waals surface area contributed by atoms with Gasteiger partial charge in [-0.2, -0.15) is 0 Å². The van der Waals surface area contributed by atoms with Crippen molar-refractivity contribution in [1.29, 1.82) is 0 Å². The number of hydrogen-bond acceptors (Lipinski definition) is 4. The Hall–Kier alpha value is -2.02. The number of rotatable bonds is 8. The van der Waals surface area contributed by atoms with Gasteiger partial charge in [-0.15, -0.1) is 0 Å². The third-order valence-electron chi connectivity index (χ3n) is 4.38. The molecule has 1 amide bonds. The maximum atomic E-state index is 11.7. The molecule has 1 atom stereocenters. The van der Waals surface area contributed by atoms with E-state index in [-0.39, 0.29) is 18.5 Å². The summed E-state index contributed by atoms with van der Waals surface area (Å²) in [7, 11) is 1.71. The van der Waals surface area contributed by atoms with Crippen molar-refractivity contribution in [3.63, 3.8) is 0 Å². The third kappa shape index (κ3) is 6.42. The van der Waals surface area contributed by atoms with Gasteiger partial charge in [0.2, 0.25) is 5.91 Å². The van der Waals surface area contributed by atoms with Gasteiger partial charge in [0.25, 0.3) is 0 Å². The van der Waals surface area contributed by atoms with Gasteiger partial charge in [-0.25, -0.2) is 0 Å². The van der Waals surface area contributed by atoms with E-state index in [1.807, 2.05) is 19.1 Å². The van der Waals surface area contributed by atoms with Gasteiger partial charge in [0, 0.05) is 20.1 Å². The van der Waals surface area contributed by atoms with E-state index in [0.29, 0.717) is 19.0 Å². The number of aliphatic imine (C=N–C) groups is 1. The van der Waals surface area contributed by atoms with E-state index < -0.39 is 0 Å². The molecule has 0 aliphatic carbocycles. The molecule has 0 bridgehead atoms. The highest BCUT2D eigenvalue weighted by Crippen LogP contribution is 2.24. The highest BCUT2D eigenvalue weighted by Gasteiger charge is 2.24. The van der Waals surface area contributed by atoms with Crippen LogP contribution in [0, 0.1) is 0 Å². The first-order valence-electron chi connectivity index (χ1n) is 9.23. The lowest BCUT2D eigenvalue weighted by molar-refractivity contribution is -0.120. The Balaban J connectivity index is 1.86. The first-order chi connectivity index (χ1) is 12.2. The second kappa shape index (κ2) is 10.8. The van der Waals surface area contributed by atoms with Crippen LogP contribution in [0.15, 0.2) is 27.8 Å². The van der Waals surface area contributed by atoms with Crippen molar-refractivity contribution < 1.29 is 9.21 Å². The average Bonchev–Trinajstić information content (AvgIpc) is 3.18. The molecular formula is C18H31N5O2. The van der Waals surface area contributed by atoms with Crippen LogP contribution in [-0.2, 0) is 4.79 Å². The van der Waals surface area contributed by atoms with Gasteiger partial charge in [0.1, 0.15) is 5.76 Å². The molecule has 3 N–H and O–H groups in total. The van der Waals surface area contributed by atoms with E-state index in [1.165, 1.54) is 19.3 Å². The Labute approximate surface area is 150 Å². The predicted octanol–water partition coefficient (Wildman–Crippen LogP) is 1.50.